The molecular weight excluding hydrogens is 266 g/mol. The lowest BCUT2D eigenvalue weighted by Crippen LogP contribution is -2.28. The molecule has 0 saturated heterocycles. The van der Waals surface area contributed by atoms with Crippen LogP contribution >= 0.6 is 0 Å². The van der Waals surface area contributed by atoms with Crippen LogP contribution in [0.2, 0.25) is 0 Å². The van der Waals surface area contributed by atoms with Gasteiger partial charge in [-0.15, -0.1) is 0 Å². The minimum atomic E-state index is -0.131. The summed E-state index contributed by atoms with van der Waals surface area (Å²) in [5.74, 6) is 0.638. The quantitative estimate of drug-likeness (QED) is 0.801. The molecule has 5 nitrogen and oxygen atoms in total. The van der Waals surface area contributed by atoms with E-state index in [0.29, 0.717) is 18.7 Å². The van der Waals surface area contributed by atoms with Crippen LogP contribution in [-0.4, -0.2) is 37.2 Å². The Hall–Kier alpha value is -2.14. The number of hydrogen-bond donors (Lipinski definition) is 2. The van der Waals surface area contributed by atoms with Crippen molar-refractivity contribution < 1.29 is 9.53 Å². The number of carbonyl (C=O) groups excluding carboxylic acids is 1. The van der Waals surface area contributed by atoms with Gasteiger partial charge in [0.15, 0.2) is 0 Å². The Morgan fingerprint density at radius 2 is 2.00 bits per heavy atom. The van der Waals surface area contributed by atoms with Gasteiger partial charge in [0.2, 0.25) is 0 Å². The van der Waals surface area contributed by atoms with Crippen LogP contribution in [0, 0.1) is 0 Å². The molecule has 0 spiro atoms. The maximum atomic E-state index is 12.3. The third kappa shape index (κ3) is 3.70. The van der Waals surface area contributed by atoms with Crippen molar-refractivity contribution in [3.63, 3.8) is 0 Å². The molecule has 21 heavy (non-hydrogen) atoms. The number of ether oxygens (including phenoxy) is 1. The fraction of sp³-hybridized carbons (Fsp3) is 0.375. The number of fused-ring (bicyclic) bond motifs is 1. The second kappa shape index (κ2) is 7.04. The molecule has 1 amide bonds. The van der Waals surface area contributed by atoms with Crippen LogP contribution in [0.25, 0.3) is 10.8 Å². The third-order valence-electron chi connectivity index (χ3n) is 3.12. The fourth-order valence-corrected chi connectivity index (χ4v) is 2.13. The lowest BCUT2D eigenvalue weighted by atomic mass is 10.1. The monoisotopic (exact) mass is 287 g/mol. The van der Waals surface area contributed by atoms with Gasteiger partial charge < -0.3 is 15.4 Å². The molecule has 112 valence electrons. The molecule has 1 aromatic heterocycles. The highest BCUT2D eigenvalue weighted by Crippen LogP contribution is 2.23. The van der Waals surface area contributed by atoms with Crippen molar-refractivity contribution in [1.29, 1.82) is 0 Å². The maximum Gasteiger partial charge on any atom is 0.253 e. The van der Waals surface area contributed by atoms with Crippen LogP contribution in [0.5, 0.6) is 0 Å². The summed E-state index contributed by atoms with van der Waals surface area (Å²) in [7, 11) is 1.82. The molecule has 2 aromatic rings. The Morgan fingerprint density at radius 1 is 1.29 bits per heavy atom. The molecule has 5 heteroatoms. The molecule has 1 aromatic carbocycles. The number of anilines is 1. The molecule has 0 radical (unpaired) electrons. The predicted molar refractivity (Wildman–Crippen MR) is 84.7 cm³/mol. The van der Waals surface area contributed by atoms with E-state index in [0.717, 1.165) is 16.6 Å². The van der Waals surface area contributed by atoms with E-state index < -0.39 is 0 Å². The highest BCUT2D eigenvalue weighted by molar-refractivity contribution is 6.09. The summed E-state index contributed by atoms with van der Waals surface area (Å²) in [6.07, 6.45) is 1.77. The first-order valence-electron chi connectivity index (χ1n) is 7.08. The minimum Gasteiger partial charge on any atom is -0.377 e. The summed E-state index contributed by atoms with van der Waals surface area (Å²) >= 11 is 0. The Morgan fingerprint density at radius 3 is 2.67 bits per heavy atom. The van der Waals surface area contributed by atoms with E-state index in [9.17, 15) is 4.79 Å². The van der Waals surface area contributed by atoms with Gasteiger partial charge in [-0.05, 0) is 19.2 Å². The second-order valence-electron chi connectivity index (χ2n) is 4.99. The molecule has 2 rings (SSSR count). The van der Waals surface area contributed by atoms with E-state index in [1.165, 1.54) is 0 Å². The number of amides is 1. The van der Waals surface area contributed by atoms with Crippen molar-refractivity contribution in [3.05, 3.63) is 36.0 Å². The molecule has 0 atom stereocenters. The highest BCUT2D eigenvalue weighted by Gasteiger charge is 2.12. The van der Waals surface area contributed by atoms with Gasteiger partial charge in [-0.25, -0.2) is 4.98 Å². The number of carbonyl (C=O) groups is 1. The molecular formula is C16H21N3O2. The van der Waals surface area contributed by atoms with E-state index in [1.54, 1.807) is 6.20 Å². The summed E-state index contributed by atoms with van der Waals surface area (Å²) in [4.78, 5) is 16.6. The van der Waals surface area contributed by atoms with E-state index in [2.05, 4.69) is 15.6 Å². The summed E-state index contributed by atoms with van der Waals surface area (Å²) in [6, 6.07) is 7.73. The lowest BCUT2D eigenvalue weighted by molar-refractivity contribution is 0.0747. The normalized spacial score (nSPS) is 10.9. The molecule has 0 aliphatic rings. The number of pyridine rings is 1. The smallest absolute Gasteiger partial charge is 0.253 e. The third-order valence-corrected chi connectivity index (χ3v) is 3.12. The van der Waals surface area contributed by atoms with Gasteiger partial charge in [-0.3, -0.25) is 4.79 Å². The average molecular weight is 287 g/mol. The Bertz CT molecular complexity index is 626. The van der Waals surface area contributed by atoms with Crippen molar-refractivity contribution in [2.75, 3.05) is 25.5 Å². The van der Waals surface area contributed by atoms with E-state index in [-0.39, 0.29) is 12.0 Å². The summed E-state index contributed by atoms with van der Waals surface area (Å²) in [5.41, 5.74) is 0.578. The first-order chi connectivity index (χ1) is 10.1. The number of hydrogen-bond acceptors (Lipinski definition) is 4. The molecule has 0 bridgehead atoms. The SMILES string of the molecule is CNc1ncc(C(=O)NCCOC(C)C)c2ccccc12. The molecule has 2 N–H and O–H groups in total. The van der Waals surface area contributed by atoms with E-state index >= 15 is 0 Å². The van der Waals surface area contributed by atoms with Crippen molar-refractivity contribution in [3.8, 4) is 0 Å². The van der Waals surface area contributed by atoms with Crippen LogP contribution in [0.3, 0.4) is 0 Å². The zero-order chi connectivity index (χ0) is 15.2. The minimum absolute atomic E-state index is 0.131. The molecule has 0 aliphatic carbocycles. The van der Waals surface area contributed by atoms with Gasteiger partial charge in [0, 0.05) is 25.2 Å². The Labute approximate surface area is 124 Å². The molecule has 0 saturated carbocycles. The second-order valence-corrected chi connectivity index (χ2v) is 4.99. The summed E-state index contributed by atoms with van der Waals surface area (Å²) < 4.78 is 5.41. The fourth-order valence-electron chi connectivity index (χ4n) is 2.13. The Kier molecular flexibility index (Phi) is 5.11. The molecule has 0 aliphatic heterocycles. The lowest BCUT2D eigenvalue weighted by Gasteiger charge is -2.11. The van der Waals surface area contributed by atoms with Gasteiger partial charge in [-0.2, -0.15) is 0 Å². The topological polar surface area (TPSA) is 63.2 Å². The van der Waals surface area contributed by atoms with Crippen molar-refractivity contribution in [1.82, 2.24) is 10.3 Å². The van der Waals surface area contributed by atoms with Crippen LogP contribution in [-0.2, 0) is 4.74 Å². The number of benzene rings is 1. The van der Waals surface area contributed by atoms with E-state index in [4.69, 9.17) is 4.74 Å². The van der Waals surface area contributed by atoms with Gasteiger partial charge in [-0.1, -0.05) is 24.3 Å². The largest absolute Gasteiger partial charge is 0.377 e. The number of nitrogens with zero attached hydrogens (tertiary/aromatic N) is 1. The highest BCUT2D eigenvalue weighted by atomic mass is 16.5. The van der Waals surface area contributed by atoms with Crippen LogP contribution in [0.4, 0.5) is 5.82 Å². The standard InChI is InChI=1S/C16H21N3O2/c1-11(2)21-9-8-18-16(20)14-10-19-15(17-3)13-7-5-4-6-12(13)14/h4-7,10-11H,8-9H2,1-3H3,(H,17,19)(H,18,20). The molecule has 1 heterocycles. The first-order valence-corrected chi connectivity index (χ1v) is 7.08. The van der Waals surface area contributed by atoms with Crippen LogP contribution < -0.4 is 10.6 Å². The van der Waals surface area contributed by atoms with Gasteiger partial charge >= 0.3 is 0 Å². The average Bonchev–Trinajstić information content (AvgIpc) is 2.50. The van der Waals surface area contributed by atoms with Crippen LogP contribution in [0.15, 0.2) is 30.5 Å². The van der Waals surface area contributed by atoms with Crippen molar-refractivity contribution >= 4 is 22.5 Å². The summed E-state index contributed by atoms with van der Waals surface area (Å²) in [5, 5.41) is 7.72. The van der Waals surface area contributed by atoms with E-state index in [1.807, 2.05) is 45.2 Å². The van der Waals surface area contributed by atoms with Crippen LogP contribution in [0.1, 0.15) is 24.2 Å². The zero-order valence-electron chi connectivity index (χ0n) is 12.6. The molecule has 0 unspecified atom stereocenters. The Balaban J connectivity index is 2.16. The molecule has 0 fully saturated rings. The number of rotatable bonds is 6. The van der Waals surface area contributed by atoms with Crippen molar-refractivity contribution in [2.45, 2.75) is 20.0 Å². The van der Waals surface area contributed by atoms with Gasteiger partial charge in [0.25, 0.3) is 5.91 Å². The zero-order valence-corrected chi connectivity index (χ0v) is 12.6. The predicted octanol–water partition coefficient (Wildman–Crippen LogP) is 2.43. The maximum absolute atomic E-state index is 12.3. The number of nitrogens with one attached hydrogen (secondary N) is 2. The first kappa shape index (κ1) is 15.3. The number of aromatic nitrogens is 1. The van der Waals surface area contributed by atoms with Gasteiger partial charge in [0.1, 0.15) is 5.82 Å². The van der Waals surface area contributed by atoms with Gasteiger partial charge in [0.05, 0.1) is 18.3 Å². The van der Waals surface area contributed by atoms with Crippen molar-refractivity contribution in [2.24, 2.45) is 0 Å². The summed E-state index contributed by atoms with van der Waals surface area (Å²) in [6.45, 7) is 4.92.